The van der Waals surface area contributed by atoms with Crippen LogP contribution >= 0.6 is 0 Å². The molecule has 5 rings (SSSR count). The van der Waals surface area contributed by atoms with Crippen LogP contribution in [0.25, 0.3) is 0 Å². The summed E-state index contributed by atoms with van der Waals surface area (Å²) in [6.07, 6.45) is 0. The van der Waals surface area contributed by atoms with Crippen molar-refractivity contribution in [2.24, 2.45) is 11.8 Å². The van der Waals surface area contributed by atoms with Crippen LogP contribution in [0, 0.1) is 11.8 Å². The summed E-state index contributed by atoms with van der Waals surface area (Å²) < 4.78 is 0. The Morgan fingerprint density at radius 2 is 0.816 bits per heavy atom. The fourth-order valence-electron chi connectivity index (χ4n) is 5.63. The quantitative estimate of drug-likeness (QED) is 0.268. The number of carbonyl (C=O) groups is 4. The molecule has 0 saturated heterocycles. The van der Waals surface area contributed by atoms with E-state index in [0.29, 0.717) is 33.4 Å². The molecule has 0 bridgehead atoms. The SMILES string of the molecule is C[C@H](C(=O)c1ccccc1)[C@H]1C(=O)c2ccccc2[C@@H]([C@H](C)C(=O)c2ccccc2)C(=O)c2ccccc21. The van der Waals surface area contributed by atoms with Gasteiger partial charge in [0.05, 0.1) is 11.8 Å². The van der Waals surface area contributed by atoms with Gasteiger partial charge in [-0.3, -0.25) is 19.2 Å². The van der Waals surface area contributed by atoms with Crippen molar-refractivity contribution in [1.82, 2.24) is 0 Å². The lowest BCUT2D eigenvalue weighted by Gasteiger charge is -2.32. The summed E-state index contributed by atoms with van der Waals surface area (Å²) in [4.78, 5) is 55.6. The van der Waals surface area contributed by atoms with Crippen molar-refractivity contribution in [3.63, 3.8) is 0 Å². The van der Waals surface area contributed by atoms with Gasteiger partial charge >= 0.3 is 0 Å². The van der Waals surface area contributed by atoms with Crippen LogP contribution in [0.1, 0.15) is 78.2 Å². The number of rotatable bonds is 6. The third kappa shape index (κ3) is 4.43. The second-order valence-corrected chi connectivity index (χ2v) is 9.90. The molecule has 0 heterocycles. The Labute approximate surface area is 222 Å². The topological polar surface area (TPSA) is 68.3 Å². The summed E-state index contributed by atoms with van der Waals surface area (Å²) in [6, 6.07) is 31.8. The Balaban J connectivity index is 1.66. The van der Waals surface area contributed by atoms with E-state index in [2.05, 4.69) is 0 Å². The highest BCUT2D eigenvalue weighted by Gasteiger charge is 2.42. The highest BCUT2D eigenvalue weighted by Crippen LogP contribution is 2.42. The number of hydrogen-bond acceptors (Lipinski definition) is 4. The molecule has 0 unspecified atom stereocenters. The van der Waals surface area contributed by atoms with Crippen molar-refractivity contribution in [3.05, 3.63) is 143 Å². The summed E-state index contributed by atoms with van der Waals surface area (Å²) >= 11 is 0. The lowest BCUT2D eigenvalue weighted by molar-refractivity contribution is 0.0805. The van der Waals surface area contributed by atoms with Crippen molar-refractivity contribution >= 4 is 23.1 Å². The normalized spacial score (nSPS) is 18.4. The van der Waals surface area contributed by atoms with Crippen molar-refractivity contribution in [1.29, 1.82) is 0 Å². The zero-order chi connectivity index (χ0) is 26.8. The van der Waals surface area contributed by atoms with E-state index in [1.807, 2.05) is 12.1 Å². The molecule has 4 aromatic carbocycles. The molecule has 4 nitrogen and oxygen atoms in total. The van der Waals surface area contributed by atoms with E-state index in [1.165, 1.54) is 0 Å². The molecule has 0 N–H and O–H groups in total. The number of benzene rings is 4. The van der Waals surface area contributed by atoms with Crippen LogP contribution in [-0.2, 0) is 0 Å². The van der Waals surface area contributed by atoms with Crippen LogP contribution in [0.4, 0.5) is 0 Å². The molecule has 4 atom stereocenters. The predicted molar refractivity (Wildman–Crippen MR) is 147 cm³/mol. The lowest BCUT2D eigenvalue weighted by Crippen LogP contribution is -2.35. The Morgan fingerprint density at radius 1 is 0.500 bits per heavy atom. The Hall–Kier alpha value is -4.44. The van der Waals surface area contributed by atoms with Gasteiger partial charge < -0.3 is 0 Å². The molecule has 0 aromatic heterocycles. The van der Waals surface area contributed by atoms with Crippen LogP contribution < -0.4 is 0 Å². The van der Waals surface area contributed by atoms with Gasteiger partial charge in [-0.05, 0) is 11.1 Å². The fourth-order valence-corrected chi connectivity index (χ4v) is 5.63. The van der Waals surface area contributed by atoms with Crippen molar-refractivity contribution in [3.8, 4) is 0 Å². The monoisotopic (exact) mass is 500 g/mol. The molecule has 0 saturated carbocycles. The predicted octanol–water partition coefficient (Wildman–Crippen LogP) is 6.97. The van der Waals surface area contributed by atoms with Gasteiger partial charge in [0, 0.05) is 34.1 Å². The number of fused-ring (bicyclic) bond motifs is 2. The summed E-state index contributed by atoms with van der Waals surface area (Å²) in [5, 5.41) is 0. The molecule has 0 fully saturated rings. The maximum Gasteiger partial charge on any atom is 0.171 e. The van der Waals surface area contributed by atoms with Crippen LogP contribution in [0.5, 0.6) is 0 Å². The standard InChI is InChI=1S/C34H28O4/c1-21(31(35)23-13-5-3-6-14-23)29-25-17-9-11-19-27(25)34(38)30(26-18-10-12-20-28(26)33(29)37)22(2)32(36)24-15-7-4-8-16-24/h3-22,29-30H,1-2H3/t21-,22-,29+,30+/m0/s1. The first-order chi connectivity index (χ1) is 18.4. The molecule has 0 amide bonds. The molecular weight excluding hydrogens is 472 g/mol. The molecule has 188 valence electrons. The van der Waals surface area contributed by atoms with E-state index in [0.717, 1.165) is 0 Å². The maximum atomic E-state index is 14.3. The second kappa shape index (κ2) is 10.5. The number of hydrogen-bond donors (Lipinski definition) is 0. The molecule has 1 aliphatic carbocycles. The highest BCUT2D eigenvalue weighted by molar-refractivity contribution is 6.15. The average Bonchev–Trinajstić information content (AvgIpc) is 2.97. The summed E-state index contributed by atoms with van der Waals surface area (Å²) in [5.74, 6) is -3.85. The van der Waals surface area contributed by atoms with E-state index in [-0.39, 0.29) is 23.1 Å². The molecule has 38 heavy (non-hydrogen) atoms. The van der Waals surface area contributed by atoms with Gasteiger partial charge in [-0.2, -0.15) is 0 Å². The first kappa shape index (κ1) is 25.2. The molecule has 4 aromatic rings. The molecule has 1 aliphatic rings. The Bertz CT molecular complexity index is 1400. The van der Waals surface area contributed by atoms with Gasteiger partial charge in [0.25, 0.3) is 0 Å². The van der Waals surface area contributed by atoms with Crippen LogP contribution in [0.2, 0.25) is 0 Å². The minimum absolute atomic E-state index is 0.159. The second-order valence-electron chi connectivity index (χ2n) is 9.90. The molecule has 4 heteroatoms. The first-order valence-electron chi connectivity index (χ1n) is 12.8. The van der Waals surface area contributed by atoms with Gasteiger partial charge in [-0.15, -0.1) is 0 Å². The van der Waals surface area contributed by atoms with Crippen LogP contribution in [-0.4, -0.2) is 23.1 Å². The van der Waals surface area contributed by atoms with E-state index in [4.69, 9.17) is 0 Å². The van der Waals surface area contributed by atoms with Gasteiger partial charge in [-0.1, -0.05) is 123 Å². The fraction of sp³-hybridized carbons (Fsp3) is 0.176. The van der Waals surface area contributed by atoms with E-state index in [9.17, 15) is 19.2 Å². The Kier molecular flexibility index (Phi) is 6.97. The van der Waals surface area contributed by atoms with Gasteiger partial charge in [-0.25, -0.2) is 0 Å². The third-order valence-electron chi connectivity index (χ3n) is 7.63. The molecule has 0 radical (unpaired) electrons. The van der Waals surface area contributed by atoms with Crippen molar-refractivity contribution in [2.45, 2.75) is 25.7 Å². The van der Waals surface area contributed by atoms with Gasteiger partial charge in [0.15, 0.2) is 23.1 Å². The maximum absolute atomic E-state index is 14.3. The number of ketones is 4. The van der Waals surface area contributed by atoms with Gasteiger partial charge in [0.2, 0.25) is 0 Å². The zero-order valence-corrected chi connectivity index (χ0v) is 21.3. The minimum Gasteiger partial charge on any atom is -0.294 e. The molecular formula is C34H28O4. The summed E-state index contributed by atoms with van der Waals surface area (Å²) in [6.45, 7) is 3.50. The molecule has 0 spiro atoms. The molecule has 0 aliphatic heterocycles. The number of Topliss-reactive ketones (excluding diaryl/α,β-unsaturated/α-hetero) is 4. The largest absolute Gasteiger partial charge is 0.294 e. The van der Waals surface area contributed by atoms with Crippen molar-refractivity contribution < 1.29 is 19.2 Å². The first-order valence-corrected chi connectivity index (χ1v) is 12.8. The average molecular weight is 501 g/mol. The van der Waals surface area contributed by atoms with Crippen molar-refractivity contribution in [2.75, 3.05) is 0 Å². The smallest absolute Gasteiger partial charge is 0.171 e. The third-order valence-corrected chi connectivity index (χ3v) is 7.63. The minimum atomic E-state index is -0.843. The van der Waals surface area contributed by atoms with E-state index >= 15 is 0 Å². The Morgan fingerprint density at radius 3 is 1.18 bits per heavy atom. The van der Waals surface area contributed by atoms with E-state index < -0.39 is 23.7 Å². The zero-order valence-electron chi connectivity index (χ0n) is 21.3. The van der Waals surface area contributed by atoms with Crippen LogP contribution in [0.3, 0.4) is 0 Å². The van der Waals surface area contributed by atoms with Crippen LogP contribution in [0.15, 0.2) is 109 Å². The lowest BCUT2D eigenvalue weighted by atomic mass is 9.68. The van der Waals surface area contributed by atoms with Gasteiger partial charge in [0.1, 0.15) is 0 Å². The number of carbonyl (C=O) groups excluding carboxylic acids is 4. The summed E-state index contributed by atoms with van der Waals surface area (Å²) in [7, 11) is 0. The highest BCUT2D eigenvalue weighted by atomic mass is 16.1. The summed E-state index contributed by atoms with van der Waals surface area (Å²) in [5.41, 5.74) is 2.85. The van der Waals surface area contributed by atoms with E-state index in [1.54, 1.807) is 111 Å².